The van der Waals surface area contributed by atoms with Crippen molar-refractivity contribution in [2.45, 2.75) is 6.18 Å². The van der Waals surface area contributed by atoms with E-state index < -0.39 is 11.9 Å². The third kappa shape index (κ3) is 2.22. The Hall–Kier alpha value is -1.76. The first-order valence-electron chi connectivity index (χ1n) is 5.74. The highest BCUT2D eigenvalue weighted by atomic mass is 79.9. The quantitative estimate of drug-likeness (QED) is 0.700. The zero-order chi connectivity index (χ0) is 14.5. The maximum Gasteiger partial charge on any atom is 0.435 e. The van der Waals surface area contributed by atoms with Gasteiger partial charge in [-0.25, -0.2) is 0 Å². The van der Waals surface area contributed by atoms with Crippen LogP contribution in [0.4, 0.5) is 13.2 Å². The monoisotopic (exact) mass is 343 g/mol. The summed E-state index contributed by atoms with van der Waals surface area (Å²) >= 11 is 3.33. The summed E-state index contributed by atoms with van der Waals surface area (Å²) in [5, 5.41) is 4.44. The van der Waals surface area contributed by atoms with E-state index in [0.29, 0.717) is 11.3 Å². The third-order valence-corrected chi connectivity index (χ3v) is 3.48. The number of aromatic nitrogens is 3. The molecule has 104 valence electrons. The van der Waals surface area contributed by atoms with Gasteiger partial charge < -0.3 is 4.98 Å². The molecule has 0 atom stereocenters. The molecule has 0 aliphatic rings. The lowest BCUT2D eigenvalue weighted by atomic mass is 10.1. The molecule has 3 aromatic rings. The van der Waals surface area contributed by atoms with Crippen molar-refractivity contribution in [1.29, 1.82) is 0 Å². The highest BCUT2D eigenvalue weighted by Gasteiger charge is 2.34. The van der Waals surface area contributed by atoms with Gasteiger partial charge in [0.05, 0.1) is 10.3 Å². The van der Waals surface area contributed by atoms with E-state index in [0.717, 1.165) is 21.6 Å². The number of fused-ring (bicyclic) bond motifs is 1. The molecule has 0 aliphatic carbocycles. The van der Waals surface area contributed by atoms with Crippen LogP contribution in [0.5, 0.6) is 0 Å². The molecule has 3 nitrogen and oxygen atoms in total. The summed E-state index contributed by atoms with van der Waals surface area (Å²) in [4.78, 5) is 3.10. The number of alkyl halides is 3. The van der Waals surface area contributed by atoms with Gasteiger partial charge in [-0.05, 0) is 40.2 Å². The molecule has 7 heteroatoms. The Labute approximate surface area is 120 Å². The fourth-order valence-electron chi connectivity index (χ4n) is 2.13. The number of nitrogens with one attached hydrogen (secondary N) is 1. The lowest BCUT2D eigenvalue weighted by Gasteiger charge is -2.01. The molecule has 0 spiro atoms. The largest absolute Gasteiger partial charge is 0.435 e. The number of hydrogen-bond donors (Lipinski definition) is 1. The molecule has 20 heavy (non-hydrogen) atoms. The highest BCUT2D eigenvalue weighted by molar-refractivity contribution is 9.10. The molecule has 0 aliphatic heterocycles. The van der Waals surface area contributed by atoms with Gasteiger partial charge in [-0.3, -0.25) is 4.68 Å². The van der Waals surface area contributed by atoms with Gasteiger partial charge in [0.15, 0.2) is 5.69 Å². The minimum absolute atomic E-state index is 0.427. The van der Waals surface area contributed by atoms with E-state index in [1.165, 1.54) is 11.7 Å². The van der Waals surface area contributed by atoms with E-state index in [-0.39, 0.29) is 0 Å². The average molecular weight is 344 g/mol. The second kappa shape index (κ2) is 4.37. The number of aromatic amines is 1. The van der Waals surface area contributed by atoms with Crippen molar-refractivity contribution < 1.29 is 13.2 Å². The standard InChI is InChI=1S/C13H9BrF3N3/c1-20-10(6-11(19-20)13(15,16)17)7-2-3-9-8(4-7)5-12(14)18-9/h2-6,18H,1H3. The summed E-state index contributed by atoms with van der Waals surface area (Å²) in [6.45, 7) is 0. The number of halogens is 4. The Bertz CT molecular complexity index is 786. The van der Waals surface area contributed by atoms with Crippen LogP contribution in [0.2, 0.25) is 0 Å². The van der Waals surface area contributed by atoms with Gasteiger partial charge in [0.1, 0.15) is 0 Å². The fraction of sp³-hybridized carbons (Fsp3) is 0.154. The maximum absolute atomic E-state index is 12.7. The minimum atomic E-state index is -4.43. The Balaban J connectivity index is 2.12. The average Bonchev–Trinajstić information content (AvgIpc) is 2.89. The number of rotatable bonds is 1. The molecule has 2 aromatic heterocycles. The Morgan fingerprint density at radius 2 is 1.95 bits per heavy atom. The molecule has 0 amide bonds. The molecule has 0 saturated carbocycles. The molecule has 0 unspecified atom stereocenters. The molecule has 0 bridgehead atoms. The fourth-order valence-corrected chi connectivity index (χ4v) is 2.59. The van der Waals surface area contributed by atoms with Crippen molar-refractivity contribution in [3.05, 3.63) is 40.6 Å². The normalized spacial score (nSPS) is 12.2. The molecule has 1 aromatic carbocycles. The van der Waals surface area contributed by atoms with Crippen LogP contribution in [0, 0.1) is 0 Å². The zero-order valence-electron chi connectivity index (χ0n) is 10.3. The summed E-state index contributed by atoms with van der Waals surface area (Å²) in [5.74, 6) is 0. The van der Waals surface area contributed by atoms with Crippen molar-refractivity contribution in [3.8, 4) is 11.3 Å². The molecule has 0 radical (unpaired) electrons. The predicted octanol–water partition coefficient (Wildman–Crippen LogP) is 4.35. The van der Waals surface area contributed by atoms with Crippen molar-refractivity contribution in [2.24, 2.45) is 7.05 Å². The summed E-state index contributed by atoms with van der Waals surface area (Å²) < 4.78 is 40.1. The number of H-pyrrole nitrogens is 1. The molecule has 3 rings (SSSR count). The van der Waals surface area contributed by atoms with Crippen LogP contribution in [0.25, 0.3) is 22.2 Å². The van der Waals surface area contributed by atoms with E-state index in [9.17, 15) is 13.2 Å². The first kappa shape index (κ1) is 13.2. The Kier molecular flexibility index (Phi) is 2.89. The maximum atomic E-state index is 12.7. The lowest BCUT2D eigenvalue weighted by molar-refractivity contribution is -0.141. The van der Waals surface area contributed by atoms with Gasteiger partial charge in [0.25, 0.3) is 0 Å². The number of benzene rings is 1. The van der Waals surface area contributed by atoms with E-state index in [1.54, 1.807) is 6.07 Å². The second-order valence-electron chi connectivity index (χ2n) is 4.46. The van der Waals surface area contributed by atoms with Gasteiger partial charge >= 0.3 is 6.18 Å². The Morgan fingerprint density at radius 3 is 2.60 bits per heavy atom. The van der Waals surface area contributed by atoms with Crippen LogP contribution in [0.1, 0.15) is 5.69 Å². The van der Waals surface area contributed by atoms with Gasteiger partial charge in [-0.15, -0.1) is 0 Å². The molecule has 2 heterocycles. The van der Waals surface area contributed by atoms with E-state index in [2.05, 4.69) is 26.0 Å². The summed E-state index contributed by atoms with van der Waals surface area (Å²) in [6.07, 6.45) is -4.43. The number of aryl methyl sites for hydroxylation is 1. The van der Waals surface area contributed by atoms with Crippen molar-refractivity contribution >= 4 is 26.8 Å². The van der Waals surface area contributed by atoms with Gasteiger partial charge in [0.2, 0.25) is 0 Å². The summed E-state index contributed by atoms with van der Waals surface area (Å²) in [7, 11) is 1.50. The molecule has 0 saturated heterocycles. The SMILES string of the molecule is Cn1nc(C(F)(F)F)cc1-c1ccc2[nH]c(Br)cc2c1. The summed E-state index contributed by atoms with van der Waals surface area (Å²) in [5.41, 5.74) is 1.15. The van der Waals surface area contributed by atoms with E-state index >= 15 is 0 Å². The van der Waals surface area contributed by atoms with Crippen molar-refractivity contribution in [2.75, 3.05) is 0 Å². The van der Waals surface area contributed by atoms with E-state index in [1.807, 2.05) is 18.2 Å². The third-order valence-electron chi connectivity index (χ3n) is 3.05. The van der Waals surface area contributed by atoms with Crippen LogP contribution >= 0.6 is 15.9 Å². The van der Waals surface area contributed by atoms with Crippen molar-refractivity contribution in [1.82, 2.24) is 14.8 Å². The van der Waals surface area contributed by atoms with Crippen LogP contribution in [-0.2, 0) is 13.2 Å². The lowest BCUT2D eigenvalue weighted by Crippen LogP contribution is -2.06. The van der Waals surface area contributed by atoms with Gasteiger partial charge in [-0.2, -0.15) is 18.3 Å². The summed E-state index contributed by atoms with van der Waals surface area (Å²) in [6, 6.07) is 8.36. The molecule has 1 N–H and O–H groups in total. The smallest absolute Gasteiger partial charge is 0.349 e. The van der Waals surface area contributed by atoms with Crippen LogP contribution < -0.4 is 0 Å². The zero-order valence-corrected chi connectivity index (χ0v) is 11.9. The van der Waals surface area contributed by atoms with Crippen molar-refractivity contribution in [3.63, 3.8) is 0 Å². The van der Waals surface area contributed by atoms with E-state index in [4.69, 9.17) is 0 Å². The first-order valence-corrected chi connectivity index (χ1v) is 6.54. The highest BCUT2D eigenvalue weighted by Crippen LogP contribution is 2.32. The number of hydrogen-bond acceptors (Lipinski definition) is 1. The topological polar surface area (TPSA) is 33.6 Å². The second-order valence-corrected chi connectivity index (χ2v) is 5.31. The van der Waals surface area contributed by atoms with Crippen LogP contribution in [-0.4, -0.2) is 14.8 Å². The van der Waals surface area contributed by atoms with Crippen LogP contribution in [0.3, 0.4) is 0 Å². The minimum Gasteiger partial charge on any atom is -0.349 e. The number of nitrogens with zero attached hydrogens (tertiary/aromatic N) is 2. The predicted molar refractivity (Wildman–Crippen MR) is 73.2 cm³/mol. The van der Waals surface area contributed by atoms with Crippen LogP contribution in [0.15, 0.2) is 34.9 Å². The van der Waals surface area contributed by atoms with Gasteiger partial charge in [-0.1, -0.05) is 6.07 Å². The molecule has 0 fully saturated rings. The molecular weight excluding hydrogens is 335 g/mol. The molecular formula is C13H9BrF3N3. The first-order chi connectivity index (χ1) is 9.34. The Morgan fingerprint density at radius 1 is 1.20 bits per heavy atom. The van der Waals surface area contributed by atoms with Gasteiger partial charge in [0, 0.05) is 23.5 Å².